The molecule has 0 unspecified atom stereocenters. The highest BCUT2D eigenvalue weighted by Gasteiger charge is 2.16. The molecule has 0 spiro atoms. The maximum Gasteiger partial charge on any atom is 0.410 e. The Bertz CT molecular complexity index is 368. The van der Waals surface area contributed by atoms with E-state index in [1.165, 1.54) is 24.0 Å². The smallest absolute Gasteiger partial charge is 0.410 e. The lowest BCUT2D eigenvalue weighted by Crippen LogP contribution is -2.41. The van der Waals surface area contributed by atoms with E-state index in [1.807, 2.05) is 0 Å². The average molecular weight is 284 g/mol. The third kappa shape index (κ3) is 8.73. The normalized spacial score (nSPS) is 9.25. The summed E-state index contributed by atoms with van der Waals surface area (Å²) in [5.74, 6) is -0.185. The van der Waals surface area contributed by atoms with E-state index in [1.54, 1.807) is 0 Å². The summed E-state index contributed by atoms with van der Waals surface area (Å²) < 4.78 is 9.53. The van der Waals surface area contributed by atoms with Crippen LogP contribution in [-0.2, 0) is 14.3 Å². The molecule has 7 nitrogen and oxygen atoms in total. The first-order valence-corrected chi connectivity index (χ1v) is 6.04. The molecule has 0 heterocycles. The molecule has 0 saturated carbocycles. The van der Waals surface area contributed by atoms with Gasteiger partial charge in [-0.05, 0) is 6.92 Å². The third-order valence-corrected chi connectivity index (χ3v) is 1.98. The Morgan fingerprint density at radius 1 is 1.15 bits per heavy atom. The van der Waals surface area contributed by atoms with Crippen LogP contribution in [-0.4, -0.2) is 55.7 Å². The van der Waals surface area contributed by atoms with Gasteiger partial charge in [0.1, 0.15) is 19.0 Å². The van der Waals surface area contributed by atoms with Gasteiger partial charge < -0.3 is 14.8 Å². The summed E-state index contributed by atoms with van der Waals surface area (Å²) in [7, 11) is 0. The van der Waals surface area contributed by atoms with E-state index in [0.29, 0.717) is 0 Å². The summed E-state index contributed by atoms with van der Waals surface area (Å²) in [5, 5.41) is 2.44. The van der Waals surface area contributed by atoms with Gasteiger partial charge >= 0.3 is 12.2 Å². The zero-order chi connectivity index (χ0) is 15.4. The number of hydrogen-bond donors (Lipinski definition) is 1. The fraction of sp³-hybridized carbons (Fsp3) is 0.462. The van der Waals surface area contributed by atoms with E-state index in [-0.39, 0.29) is 38.6 Å². The van der Waals surface area contributed by atoms with E-state index in [9.17, 15) is 14.4 Å². The van der Waals surface area contributed by atoms with Crippen molar-refractivity contribution >= 4 is 18.0 Å². The molecule has 1 N–H and O–H groups in total. The molecule has 112 valence electrons. The fourth-order valence-corrected chi connectivity index (χ4v) is 1.20. The van der Waals surface area contributed by atoms with E-state index in [4.69, 9.17) is 9.47 Å². The molecule has 0 saturated heterocycles. The Hall–Kier alpha value is -2.31. The van der Waals surface area contributed by atoms with Gasteiger partial charge in [-0.25, -0.2) is 9.59 Å². The van der Waals surface area contributed by atoms with Gasteiger partial charge in [-0.1, -0.05) is 25.3 Å². The zero-order valence-electron chi connectivity index (χ0n) is 11.6. The summed E-state index contributed by atoms with van der Waals surface area (Å²) in [6.45, 7) is 8.55. The molecule has 0 aliphatic rings. The van der Waals surface area contributed by atoms with Gasteiger partial charge in [-0.2, -0.15) is 0 Å². The topological polar surface area (TPSA) is 84.9 Å². The maximum absolute atomic E-state index is 11.6. The summed E-state index contributed by atoms with van der Waals surface area (Å²) >= 11 is 0. The minimum Gasteiger partial charge on any atom is -0.445 e. The molecular weight excluding hydrogens is 264 g/mol. The van der Waals surface area contributed by atoms with E-state index < -0.39 is 12.2 Å². The number of rotatable bonds is 9. The fourth-order valence-electron chi connectivity index (χ4n) is 1.20. The molecule has 0 aromatic heterocycles. The van der Waals surface area contributed by atoms with Crippen molar-refractivity contribution in [1.82, 2.24) is 10.2 Å². The minimum atomic E-state index is -0.638. The summed E-state index contributed by atoms with van der Waals surface area (Å²) in [4.78, 5) is 35.1. The number of hydrogen-bond acceptors (Lipinski definition) is 5. The number of carbonyl (C=O) groups is 3. The maximum atomic E-state index is 11.6. The molecule has 0 fully saturated rings. The van der Waals surface area contributed by atoms with E-state index >= 15 is 0 Å². The van der Waals surface area contributed by atoms with Crippen LogP contribution in [0.25, 0.3) is 0 Å². The van der Waals surface area contributed by atoms with Gasteiger partial charge in [0.25, 0.3) is 0 Å². The molecule has 0 aliphatic heterocycles. The first-order chi connectivity index (χ1) is 9.51. The highest BCUT2D eigenvalue weighted by atomic mass is 16.6. The van der Waals surface area contributed by atoms with Crippen LogP contribution in [0.4, 0.5) is 9.59 Å². The highest BCUT2D eigenvalue weighted by molar-refractivity contribution is 5.82. The van der Waals surface area contributed by atoms with Gasteiger partial charge in [0.05, 0.1) is 6.54 Å². The Balaban J connectivity index is 4.18. The summed E-state index contributed by atoms with van der Waals surface area (Å²) in [6.07, 6.45) is 1.61. The van der Waals surface area contributed by atoms with Gasteiger partial charge in [0.2, 0.25) is 0 Å². The molecule has 2 amide bonds. The van der Waals surface area contributed by atoms with Crippen molar-refractivity contribution in [2.75, 3.05) is 32.8 Å². The standard InChI is InChI=1S/C13H20N2O5/c1-4-8-19-12(17)14-6-7-15(10-11(3)16)13(18)20-9-5-2/h4-5H,1-2,6-10H2,3H3,(H,14,17). The summed E-state index contributed by atoms with van der Waals surface area (Å²) in [6, 6.07) is 0. The van der Waals surface area contributed by atoms with Gasteiger partial charge in [0.15, 0.2) is 0 Å². The van der Waals surface area contributed by atoms with Crippen molar-refractivity contribution < 1.29 is 23.9 Å². The SMILES string of the molecule is C=CCOC(=O)NCCN(CC(C)=O)C(=O)OCC=C. The number of amides is 2. The van der Waals surface area contributed by atoms with E-state index in [2.05, 4.69) is 18.5 Å². The van der Waals surface area contributed by atoms with Crippen LogP contribution in [0, 0.1) is 0 Å². The van der Waals surface area contributed by atoms with Gasteiger partial charge in [-0.3, -0.25) is 9.69 Å². The second-order valence-corrected chi connectivity index (χ2v) is 3.80. The molecule has 20 heavy (non-hydrogen) atoms. The number of ketones is 1. The van der Waals surface area contributed by atoms with Gasteiger partial charge in [-0.15, -0.1) is 0 Å². The molecule has 0 atom stereocenters. The van der Waals surface area contributed by atoms with Crippen LogP contribution in [0.3, 0.4) is 0 Å². The summed E-state index contributed by atoms with van der Waals surface area (Å²) in [5.41, 5.74) is 0. The predicted molar refractivity (Wildman–Crippen MR) is 73.3 cm³/mol. The number of nitrogens with one attached hydrogen (secondary N) is 1. The number of nitrogens with zero attached hydrogens (tertiary/aromatic N) is 1. The predicted octanol–water partition coefficient (Wildman–Crippen LogP) is 1.11. The molecule has 0 aliphatic carbocycles. The Morgan fingerprint density at radius 2 is 1.75 bits per heavy atom. The third-order valence-electron chi connectivity index (χ3n) is 1.98. The minimum absolute atomic E-state index is 0.0576. The first kappa shape index (κ1) is 17.7. The molecule has 0 bridgehead atoms. The second kappa shape index (κ2) is 10.6. The lowest BCUT2D eigenvalue weighted by Gasteiger charge is -2.20. The molecule has 0 radical (unpaired) electrons. The largest absolute Gasteiger partial charge is 0.445 e. The molecule has 7 heteroatoms. The molecular formula is C13H20N2O5. The number of Topliss-reactive ketones (excluding diaryl/α,β-unsaturated/α-hetero) is 1. The lowest BCUT2D eigenvalue weighted by molar-refractivity contribution is -0.117. The lowest BCUT2D eigenvalue weighted by atomic mass is 10.4. The molecule has 0 rings (SSSR count). The molecule has 0 aromatic carbocycles. The van der Waals surface area contributed by atoms with Crippen LogP contribution in [0.1, 0.15) is 6.92 Å². The van der Waals surface area contributed by atoms with Gasteiger partial charge in [0, 0.05) is 13.1 Å². The highest BCUT2D eigenvalue weighted by Crippen LogP contribution is 1.95. The van der Waals surface area contributed by atoms with Crippen LogP contribution in [0.5, 0.6) is 0 Å². The van der Waals surface area contributed by atoms with Crippen molar-refractivity contribution in [2.24, 2.45) is 0 Å². The number of carbonyl (C=O) groups excluding carboxylic acids is 3. The Morgan fingerprint density at radius 3 is 2.30 bits per heavy atom. The second-order valence-electron chi connectivity index (χ2n) is 3.80. The van der Waals surface area contributed by atoms with Crippen LogP contribution in [0.2, 0.25) is 0 Å². The molecule has 0 aromatic rings. The van der Waals surface area contributed by atoms with E-state index in [0.717, 1.165) is 0 Å². The Labute approximate surface area is 118 Å². The Kier molecular flexibility index (Phi) is 9.37. The monoisotopic (exact) mass is 284 g/mol. The van der Waals surface area contributed by atoms with Crippen molar-refractivity contribution in [1.29, 1.82) is 0 Å². The van der Waals surface area contributed by atoms with Crippen molar-refractivity contribution in [2.45, 2.75) is 6.92 Å². The van der Waals surface area contributed by atoms with Crippen molar-refractivity contribution in [3.63, 3.8) is 0 Å². The van der Waals surface area contributed by atoms with Crippen molar-refractivity contribution in [3.05, 3.63) is 25.3 Å². The zero-order valence-corrected chi connectivity index (χ0v) is 11.6. The van der Waals surface area contributed by atoms with Crippen molar-refractivity contribution in [3.8, 4) is 0 Å². The quantitative estimate of drug-likeness (QED) is 0.641. The van der Waals surface area contributed by atoms with Crippen LogP contribution < -0.4 is 5.32 Å². The van der Waals surface area contributed by atoms with Crippen LogP contribution in [0.15, 0.2) is 25.3 Å². The first-order valence-electron chi connectivity index (χ1n) is 6.04. The average Bonchev–Trinajstić information content (AvgIpc) is 2.40. The number of ether oxygens (including phenoxy) is 2. The van der Waals surface area contributed by atoms with Crippen LogP contribution >= 0.6 is 0 Å². The number of alkyl carbamates (subject to hydrolysis) is 1.